The molecule has 1 fully saturated rings. The third-order valence-electron chi connectivity index (χ3n) is 5.27. The summed E-state index contributed by atoms with van der Waals surface area (Å²) in [6.07, 6.45) is 5.97. The quantitative estimate of drug-likeness (QED) is 0.130. The van der Waals surface area contributed by atoms with E-state index in [4.69, 9.17) is 0 Å². The lowest BCUT2D eigenvalue weighted by molar-refractivity contribution is -0.384. The van der Waals surface area contributed by atoms with Gasteiger partial charge in [-0.15, -0.1) is 0 Å². The number of nitrogens with zero attached hydrogens (tertiary/aromatic N) is 6. The number of benzene rings is 2. The summed E-state index contributed by atoms with van der Waals surface area (Å²) in [6.45, 7) is 1.69. The lowest BCUT2D eigenvalue weighted by Crippen LogP contribution is -2.26. The van der Waals surface area contributed by atoms with Crippen molar-refractivity contribution < 1.29 is 10.0 Å². The second-order valence-electron chi connectivity index (χ2n) is 7.81. The molecule has 4 rings (SSSR count). The monoisotopic (exact) mass is 700 g/mol. The average molecular weight is 700 g/mol. The Bertz CT molecular complexity index is 1230. The number of nitro groups is 1. The van der Waals surface area contributed by atoms with E-state index in [1.54, 1.807) is 12.1 Å². The number of nitrogens with one attached hydrogen (secondary N) is 2. The van der Waals surface area contributed by atoms with Gasteiger partial charge in [0.05, 0.1) is 14.7 Å². The highest BCUT2D eigenvalue weighted by Gasteiger charge is 2.16. The number of phenolic OH excluding ortho intramolecular Hbond substituents is 1. The first-order chi connectivity index (χ1) is 16.9. The molecule has 0 radical (unpaired) electrons. The van der Waals surface area contributed by atoms with Crippen LogP contribution in [0.4, 0.5) is 29.2 Å². The zero-order chi connectivity index (χ0) is 24.8. The van der Waals surface area contributed by atoms with Crippen molar-refractivity contribution in [1.82, 2.24) is 15.0 Å². The van der Waals surface area contributed by atoms with E-state index in [1.165, 1.54) is 31.2 Å². The fourth-order valence-corrected chi connectivity index (χ4v) is 5.41. The minimum atomic E-state index is -0.448. The van der Waals surface area contributed by atoms with E-state index in [9.17, 15) is 15.2 Å². The van der Waals surface area contributed by atoms with Crippen LogP contribution in [0.2, 0.25) is 0 Å². The molecule has 0 saturated carbocycles. The maximum Gasteiger partial charge on any atom is 0.269 e. The summed E-state index contributed by atoms with van der Waals surface area (Å²) in [5.41, 5.74) is 4.02. The Labute approximate surface area is 228 Å². The number of anilines is 4. The minimum Gasteiger partial charge on any atom is -0.506 e. The van der Waals surface area contributed by atoms with Crippen LogP contribution >= 0.6 is 45.2 Å². The van der Waals surface area contributed by atoms with Gasteiger partial charge < -0.3 is 15.3 Å². The van der Waals surface area contributed by atoms with Gasteiger partial charge in [0.2, 0.25) is 17.8 Å². The van der Waals surface area contributed by atoms with E-state index in [2.05, 4.69) is 80.9 Å². The Balaban J connectivity index is 1.60. The van der Waals surface area contributed by atoms with E-state index in [0.717, 1.165) is 33.1 Å². The van der Waals surface area contributed by atoms with Crippen molar-refractivity contribution in [2.24, 2.45) is 5.10 Å². The van der Waals surface area contributed by atoms with Crippen LogP contribution in [-0.2, 0) is 0 Å². The summed E-state index contributed by atoms with van der Waals surface area (Å²) in [6, 6.07) is 9.72. The zero-order valence-electron chi connectivity index (χ0n) is 18.5. The normalized spacial score (nSPS) is 14.1. The second kappa shape index (κ2) is 11.7. The van der Waals surface area contributed by atoms with E-state index < -0.39 is 4.92 Å². The van der Waals surface area contributed by atoms with Crippen LogP contribution in [0.15, 0.2) is 41.5 Å². The number of non-ortho nitro benzene ring substituents is 1. The van der Waals surface area contributed by atoms with Crippen molar-refractivity contribution in [2.45, 2.75) is 25.7 Å². The smallest absolute Gasteiger partial charge is 0.269 e. The molecule has 1 aliphatic heterocycles. The Hall–Kier alpha value is -2.82. The van der Waals surface area contributed by atoms with Crippen LogP contribution in [0.3, 0.4) is 0 Å². The fourth-order valence-electron chi connectivity index (χ4n) is 3.52. The molecule has 1 aromatic heterocycles. The molecule has 3 aromatic rings. The number of halogens is 2. The number of aromatic hydroxyl groups is 1. The summed E-state index contributed by atoms with van der Waals surface area (Å²) < 4.78 is 1.71. The Kier molecular flexibility index (Phi) is 8.48. The highest BCUT2D eigenvalue weighted by atomic mass is 127. The van der Waals surface area contributed by atoms with Crippen molar-refractivity contribution in [2.75, 3.05) is 28.7 Å². The summed E-state index contributed by atoms with van der Waals surface area (Å²) in [5, 5.41) is 28.5. The van der Waals surface area contributed by atoms with E-state index in [0.29, 0.717) is 17.2 Å². The van der Waals surface area contributed by atoms with Crippen molar-refractivity contribution in [1.29, 1.82) is 0 Å². The molecular weight excluding hydrogens is 678 g/mol. The van der Waals surface area contributed by atoms with Crippen molar-refractivity contribution in [3.8, 4) is 5.75 Å². The molecule has 13 heteroatoms. The first-order valence-corrected chi connectivity index (χ1v) is 13.0. The zero-order valence-corrected chi connectivity index (χ0v) is 22.8. The topological polar surface area (TPSA) is 142 Å². The van der Waals surface area contributed by atoms with Gasteiger partial charge in [-0.25, -0.2) is 5.43 Å². The standard InChI is InChI=1S/C22H22I2N8O3/c23-15-11-14(19(33)18(24)12-15)13-25-30-21-27-20(26-16-5-7-17(8-6-16)32(34)35)28-22(29-21)31-9-3-1-2-4-10-31/h5-8,11-13,33H,1-4,9-10H2,(H2,26,27,28,29,30). The maximum absolute atomic E-state index is 10.9. The van der Waals surface area contributed by atoms with E-state index in [-0.39, 0.29) is 23.3 Å². The fraction of sp³-hybridized carbons (Fsp3) is 0.273. The SMILES string of the molecule is O=[N+]([O-])c1ccc(Nc2nc(NN=Cc3cc(I)cc(I)c3O)nc(N3CCCCCC3)n2)cc1. The number of hydrogen-bond acceptors (Lipinski definition) is 10. The second-order valence-corrected chi connectivity index (χ2v) is 10.2. The lowest BCUT2D eigenvalue weighted by Gasteiger charge is -2.21. The number of hydrogen-bond donors (Lipinski definition) is 3. The Morgan fingerprint density at radius 1 is 1.03 bits per heavy atom. The van der Waals surface area contributed by atoms with Gasteiger partial charge in [0.1, 0.15) is 5.75 Å². The average Bonchev–Trinajstić information content (AvgIpc) is 3.12. The molecule has 0 aliphatic carbocycles. The highest BCUT2D eigenvalue weighted by Crippen LogP contribution is 2.26. The van der Waals surface area contributed by atoms with Crippen LogP contribution in [0.1, 0.15) is 31.2 Å². The van der Waals surface area contributed by atoms with Gasteiger partial charge in [0, 0.05) is 40.0 Å². The number of nitro benzene ring substituents is 1. The molecular formula is C22H22I2N8O3. The van der Waals surface area contributed by atoms with E-state index >= 15 is 0 Å². The number of rotatable bonds is 7. The van der Waals surface area contributed by atoms with Crippen LogP contribution in [0, 0.1) is 17.3 Å². The predicted molar refractivity (Wildman–Crippen MR) is 152 cm³/mol. The molecule has 1 saturated heterocycles. The third-order valence-corrected chi connectivity index (χ3v) is 6.72. The van der Waals surface area contributed by atoms with Crippen molar-refractivity contribution in [3.05, 3.63) is 59.2 Å². The third kappa shape index (κ3) is 6.87. The Morgan fingerprint density at radius 3 is 2.40 bits per heavy atom. The maximum atomic E-state index is 10.9. The van der Waals surface area contributed by atoms with E-state index in [1.807, 2.05) is 12.1 Å². The van der Waals surface area contributed by atoms with Gasteiger partial charge in [-0.05, 0) is 82.3 Å². The van der Waals surface area contributed by atoms with Gasteiger partial charge in [-0.1, -0.05) is 12.8 Å². The molecule has 0 unspecified atom stereocenters. The molecule has 182 valence electrons. The first kappa shape index (κ1) is 25.3. The lowest BCUT2D eigenvalue weighted by atomic mass is 10.2. The van der Waals surface area contributed by atoms with Gasteiger partial charge in [0.15, 0.2) is 0 Å². The summed E-state index contributed by atoms with van der Waals surface area (Å²) >= 11 is 4.25. The molecule has 2 aromatic carbocycles. The van der Waals surface area contributed by atoms with Gasteiger partial charge in [-0.2, -0.15) is 20.1 Å². The molecule has 0 atom stereocenters. The largest absolute Gasteiger partial charge is 0.506 e. The summed E-state index contributed by atoms with van der Waals surface area (Å²) in [7, 11) is 0. The summed E-state index contributed by atoms with van der Waals surface area (Å²) in [5.74, 6) is 1.20. The number of hydrazone groups is 1. The molecule has 2 heterocycles. The number of aromatic nitrogens is 3. The molecule has 0 bridgehead atoms. The van der Waals surface area contributed by atoms with Gasteiger partial charge in [0.25, 0.3) is 5.69 Å². The van der Waals surface area contributed by atoms with Crippen LogP contribution in [0.25, 0.3) is 0 Å². The van der Waals surface area contributed by atoms with Gasteiger partial charge >= 0.3 is 0 Å². The van der Waals surface area contributed by atoms with Crippen LogP contribution in [0.5, 0.6) is 5.75 Å². The molecule has 0 spiro atoms. The van der Waals surface area contributed by atoms with Crippen molar-refractivity contribution >= 4 is 80.6 Å². The molecule has 35 heavy (non-hydrogen) atoms. The van der Waals surface area contributed by atoms with Crippen LogP contribution in [-0.4, -0.2) is 44.3 Å². The van der Waals surface area contributed by atoms with Crippen molar-refractivity contribution in [3.63, 3.8) is 0 Å². The molecule has 11 nitrogen and oxygen atoms in total. The number of phenols is 1. The van der Waals surface area contributed by atoms with Crippen LogP contribution < -0.4 is 15.6 Å². The highest BCUT2D eigenvalue weighted by molar-refractivity contribution is 14.1. The molecule has 3 N–H and O–H groups in total. The van der Waals surface area contributed by atoms with Gasteiger partial charge in [-0.3, -0.25) is 10.1 Å². The molecule has 0 amide bonds. The summed E-state index contributed by atoms with van der Waals surface area (Å²) in [4.78, 5) is 26.1. The minimum absolute atomic E-state index is 0.00151. The Morgan fingerprint density at radius 2 is 1.71 bits per heavy atom. The molecule has 1 aliphatic rings. The predicted octanol–water partition coefficient (Wildman–Crippen LogP) is 5.26. The first-order valence-electron chi connectivity index (χ1n) is 10.9.